The average molecular weight is 381 g/mol. The minimum Gasteiger partial charge on any atom is -0.370 e. The fraction of sp³-hybridized carbons (Fsp3) is 0.500. The van der Waals surface area contributed by atoms with Gasteiger partial charge in [-0.25, -0.2) is 15.0 Å². The van der Waals surface area contributed by atoms with Crippen LogP contribution in [0.2, 0.25) is 0 Å². The number of amides is 1. The minimum absolute atomic E-state index is 0.00249. The zero-order valence-corrected chi connectivity index (χ0v) is 16.1. The Hall–Kier alpha value is -2.90. The lowest BCUT2D eigenvalue weighted by Crippen LogP contribution is -2.38. The predicted octanol–water partition coefficient (Wildman–Crippen LogP) is 1.83. The van der Waals surface area contributed by atoms with E-state index in [1.165, 1.54) is 0 Å². The smallest absolute Gasteiger partial charge is 0.289 e. The molecule has 2 fully saturated rings. The summed E-state index contributed by atoms with van der Waals surface area (Å²) in [5, 5.41) is 7.39. The Morgan fingerprint density at radius 3 is 2.68 bits per heavy atom. The molecule has 0 spiro atoms. The maximum Gasteiger partial charge on any atom is 0.289 e. The number of anilines is 1. The van der Waals surface area contributed by atoms with E-state index in [-0.39, 0.29) is 35.8 Å². The second kappa shape index (κ2) is 7.61. The average Bonchev–Trinajstić information content (AvgIpc) is 3.47. The van der Waals surface area contributed by atoms with E-state index in [2.05, 4.69) is 25.6 Å². The zero-order valence-electron chi connectivity index (χ0n) is 16.1. The van der Waals surface area contributed by atoms with Gasteiger partial charge in [0.15, 0.2) is 5.96 Å². The van der Waals surface area contributed by atoms with Gasteiger partial charge >= 0.3 is 0 Å². The van der Waals surface area contributed by atoms with Gasteiger partial charge in [-0.3, -0.25) is 4.79 Å². The molecule has 4 rings (SSSR count). The fourth-order valence-corrected chi connectivity index (χ4v) is 3.73. The number of benzene rings is 1. The topological polar surface area (TPSA) is 131 Å². The van der Waals surface area contributed by atoms with Crippen LogP contribution in [0.15, 0.2) is 23.2 Å². The highest BCUT2D eigenvalue weighted by Crippen LogP contribution is 2.28. The molecular weight excluding hydrogens is 354 g/mol. The second-order valence-electron chi connectivity index (χ2n) is 7.82. The van der Waals surface area contributed by atoms with E-state index >= 15 is 0 Å². The minimum atomic E-state index is -0.225. The van der Waals surface area contributed by atoms with Gasteiger partial charge < -0.3 is 22.1 Å². The van der Waals surface area contributed by atoms with Crippen LogP contribution in [0.5, 0.6) is 0 Å². The summed E-state index contributed by atoms with van der Waals surface area (Å²) in [7, 11) is 0. The Kier molecular flexibility index (Phi) is 5.02. The van der Waals surface area contributed by atoms with Crippen LogP contribution in [0.1, 0.15) is 54.7 Å². The summed E-state index contributed by atoms with van der Waals surface area (Å²) < 4.78 is 0. The largest absolute Gasteiger partial charge is 0.370 e. The van der Waals surface area contributed by atoms with Crippen LogP contribution in [-0.4, -0.2) is 40.0 Å². The molecule has 1 heterocycles. The quantitative estimate of drug-likeness (QED) is 0.461. The highest BCUT2D eigenvalue weighted by Gasteiger charge is 2.28. The Bertz CT molecular complexity index is 918. The van der Waals surface area contributed by atoms with Crippen molar-refractivity contribution in [2.45, 2.75) is 63.6 Å². The van der Waals surface area contributed by atoms with Gasteiger partial charge in [-0.15, -0.1) is 0 Å². The number of nitrogens with one attached hydrogen (secondary N) is 2. The van der Waals surface area contributed by atoms with Crippen molar-refractivity contribution in [3.05, 3.63) is 29.6 Å². The number of nitrogens with two attached hydrogens (primary N) is 2. The highest BCUT2D eigenvalue weighted by molar-refractivity contribution is 5.97. The Balaban J connectivity index is 1.69. The zero-order chi connectivity index (χ0) is 19.7. The molecule has 2 aliphatic rings. The molecule has 0 radical (unpaired) electrons. The molecule has 8 nitrogen and oxygen atoms in total. The molecule has 2 aromatic rings. The number of fused-ring (bicyclic) bond motifs is 1. The van der Waals surface area contributed by atoms with Crippen molar-refractivity contribution in [3.8, 4) is 0 Å². The monoisotopic (exact) mass is 381 g/mol. The van der Waals surface area contributed by atoms with E-state index in [0.29, 0.717) is 5.82 Å². The molecule has 0 saturated heterocycles. The lowest BCUT2D eigenvalue weighted by atomic mass is 9.90. The van der Waals surface area contributed by atoms with Crippen LogP contribution >= 0.6 is 0 Å². The number of hydrogen-bond donors (Lipinski definition) is 4. The number of carbonyl (C=O) groups excluding carboxylic acids is 1. The van der Waals surface area contributed by atoms with Crippen molar-refractivity contribution < 1.29 is 4.79 Å². The number of hydrogen-bond acceptors (Lipinski definition) is 5. The van der Waals surface area contributed by atoms with Gasteiger partial charge in [0.2, 0.25) is 5.82 Å². The van der Waals surface area contributed by atoms with Crippen LogP contribution < -0.4 is 22.1 Å². The number of aryl methyl sites for hydroxylation is 1. The molecule has 0 aliphatic heterocycles. The first kappa shape index (κ1) is 18.5. The third-order valence-electron chi connectivity index (χ3n) is 5.33. The van der Waals surface area contributed by atoms with Crippen molar-refractivity contribution in [1.82, 2.24) is 15.3 Å². The van der Waals surface area contributed by atoms with E-state index in [4.69, 9.17) is 11.5 Å². The molecule has 1 aromatic heterocycles. The van der Waals surface area contributed by atoms with E-state index in [0.717, 1.165) is 55.0 Å². The van der Waals surface area contributed by atoms with Crippen molar-refractivity contribution in [1.29, 1.82) is 0 Å². The van der Waals surface area contributed by atoms with E-state index < -0.39 is 0 Å². The molecular formula is C20H27N7O. The molecule has 2 aliphatic carbocycles. The Morgan fingerprint density at radius 1 is 1.14 bits per heavy atom. The first-order chi connectivity index (χ1) is 13.5. The lowest BCUT2D eigenvalue weighted by molar-refractivity contribution is 0.0941. The maximum absolute atomic E-state index is 12.5. The van der Waals surface area contributed by atoms with Gasteiger partial charge in [-0.05, 0) is 44.7 Å². The van der Waals surface area contributed by atoms with E-state index in [1.54, 1.807) is 0 Å². The summed E-state index contributed by atoms with van der Waals surface area (Å²) in [6.45, 7) is 2.03. The van der Waals surface area contributed by atoms with Gasteiger partial charge in [0.05, 0.1) is 17.6 Å². The molecule has 2 atom stereocenters. The third-order valence-corrected chi connectivity index (χ3v) is 5.33. The molecule has 28 heavy (non-hydrogen) atoms. The second-order valence-corrected chi connectivity index (χ2v) is 7.82. The molecule has 1 aromatic carbocycles. The first-order valence-corrected chi connectivity index (χ1v) is 9.94. The van der Waals surface area contributed by atoms with Crippen molar-refractivity contribution in [2.75, 3.05) is 5.32 Å². The third kappa shape index (κ3) is 4.16. The molecule has 8 heteroatoms. The van der Waals surface area contributed by atoms with Crippen LogP contribution in [0, 0.1) is 6.92 Å². The molecule has 6 N–H and O–H groups in total. The van der Waals surface area contributed by atoms with Gasteiger partial charge in [-0.1, -0.05) is 24.5 Å². The molecule has 2 saturated carbocycles. The lowest BCUT2D eigenvalue weighted by Gasteiger charge is -2.30. The SMILES string of the molecule is Cc1ccc2nc(C(=O)NC3CC3)nc(NC3CCCCC3N=C(N)N)c2c1. The molecule has 0 bridgehead atoms. The summed E-state index contributed by atoms with van der Waals surface area (Å²) >= 11 is 0. The van der Waals surface area contributed by atoms with Crippen molar-refractivity contribution >= 4 is 28.6 Å². The number of guanidine groups is 1. The predicted molar refractivity (Wildman–Crippen MR) is 110 cm³/mol. The van der Waals surface area contributed by atoms with Crippen molar-refractivity contribution in [3.63, 3.8) is 0 Å². The van der Waals surface area contributed by atoms with E-state index in [9.17, 15) is 4.79 Å². The number of aliphatic imine (C=N–C) groups is 1. The summed E-state index contributed by atoms with van der Waals surface area (Å²) in [6.07, 6.45) is 6.11. The Morgan fingerprint density at radius 2 is 1.93 bits per heavy atom. The van der Waals surface area contributed by atoms with Crippen molar-refractivity contribution in [2.24, 2.45) is 16.5 Å². The number of carbonyl (C=O) groups is 1. The number of aromatic nitrogens is 2. The highest BCUT2D eigenvalue weighted by atomic mass is 16.2. The Labute approximate surface area is 164 Å². The summed E-state index contributed by atoms with van der Waals surface area (Å²) in [6, 6.07) is 6.28. The summed E-state index contributed by atoms with van der Waals surface area (Å²) in [4.78, 5) is 26.0. The van der Waals surface area contributed by atoms with E-state index in [1.807, 2.05) is 25.1 Å². The van der Waals surface area contributed by atoms with Crippen LogP contribution in [0.3, 0.4) is 0 Å². The maximum atomic E-state index is 12.5. The standard InChI is InChI=1S/C20H27N7O/c1-11-6-9-14-13(10-11)17(27-18(24-14)19(28)23-12-7-8-12)25-15-4-2-3-5-16(15)26-20(21)22/h6,9-10,12,15-16H,2-5,7-8H2,1H3,(H,23,28)(H4,21,22,26)(H,24,25,27). The molecule has 148 valence electrons. The normalized spacial score (nSPS) is 21.9. The van der Waals surface area contributed by atoms with Gasteiger partial charge in [0, 0.05) is 11.4 Å². The van der Waals surface area contributed by atoms with Crippen LogP contribution in [-0.2, 0) is 0 Å². The van der Waals surface area contributed by atoms with Gasteiger partial charge in [0.25, 0.3) is 5.91 Å². The number of rotatable bonds is 5. The first-order valence-electron chi connectivity index (χ1n) is 9.94. The summed E-state index contributed by atoms with van der Waals surface area (Å²) in [5.74, 6) is 0.737. The summed E-state index contributed by atoms with van der Waals surface area (Å²) in [5.41, 5.74) is 13.1. The number of nitrogens with zero attached hydrogens (tertiary/aromatic N) is 3. The molecule has 2 unspecified atom stereocenters. The van der Waals surface area contributed by atoms with Gasteiger partial charge in [-0.2, -0.15) is 0 Å². The van der Waals surface area contributed by atoms with Gasteiger partial charge in [0.1, 0.15) is 5.82 Å². The fourth-order valence-electron chi connectivity index (χ4n) is 3.73. The van der Waals surface area contributed by atoms with Crippen LogP contribution in [0.4, 0.5) is 5.82 Å². The van der Waals surface area contributed by atoms with Crippen LogP contribution in [0.25, 0.3) is 10.9 Å². The molecule has 1 amide bonds.